The molecule has 3 amide bonds. The largest absolute Gasteiger partial charge is 0.388 e. The number of rotatable bonds is 6. The molecule has 12 nitrogen and oxygen atoms in total. The highest BCUT2D eigenvalue weighted by Gasteiger charge is 2.73. The highest BCUT2D eigenvalue weighted by atomic mass is 19.1. The van der Waals surface area contributed by atoms with Crippen LogP contribution in [0, 0.1) is 5.82 Å². The lowest BCUT2D eigenvalue weighted by atomic mass is 9.63. The van der Waals surface area contributed by atoms with Gasteiger partial charge in [0.15, 0.2) is 0 Å². The van der Waals surface area contributed by atoms with Crippen LogP contribution < -0.4 is 10.6 Å². The number of hydrogen-bond donors (Lipinski definition) is 6. The Morgan fingerprint density at radius 1 is 1.05 bits per heavy atom. The molecule has 2 atom stereocenters. The van der Waals surface area contributed by atoms with Gasteiger partial charge in [0, 0.05) is 48.6 Å². The van der Waals surface area contributed by atoms with Crippen LogP contribution in [-0.2, 0) is 34.0 Å². The molecular weight excluding hydrogens is 514 g/mol. The fraction of sp³-hybridized carbons (Fsp3) is 0.400. The van der Waals surface area contributed by atoms with Crippen molar-refractivity contribution in [2.75, 3.05) is 31.6 Å². The van der Waals surface area contributed by atoms with E-state index in [1.165, 1.54) is 23.5 Å². The van der Waals surface area contributed by atoms with Gasteiger partial charge in [-0.15, -0.1) is 0 Å². The number of imide groups is 1. The molecule has 2 saturated heterocycles. The topological polar surface area (TPSA) is 172 Å². The first kappa shape index (κ1) is 27.2. The van der Waals surface area contributed by atoms with Crippen molar-refractivity contribution in [1.82, 2.24) is 15.1 Å². The third kappa shape index (κ3) is 4.29. The number of amides is 3. The Hall–Kier alpha value is -3.40. The number of carbonyl (C=O) groups is 3. The number of halogens is 1. The summed E-state index contributed by atoms with van der Waals surface area (Å²) in [6, 6.07) is 9.32. The van der Waals surface area contributed by atoms with Gasteiger partial charge in [0.2, 0.25) is 5.72 Å². The van der Waals surface area contributed by atoms with Gasteiger partial charge in [-0.05, 0) is 29.8 Å². The number of morpholine rings is 1. The number of carbonyl (C=O) groups excluding carboxylic acids is 3. The molecule has 0 aromatic heterocycles. The highest BCUT2D eigenvalue weighted by Crippen LogP contribution is 2.41. The Balaban J connectivity index is 1.38. The highest BCUT2D eigenvalue weighted by molar-refractivity contribution is 6.25. The predicted octanol–water partition coefficient (Wildman–Crippen LogP) is -1.89. The minimum absolute atomic E-state index is 0.0111. The average molecular weight is 540 g/mol. The van der Waals surface area contributed by atoms with Gasteiger partial charge in [0.25, 0.3) is 23.5 Å². The van der Waals surface area contributed by atoms with E-state index in [0.717, 1.165) is 18.7 Å². The Morgan fingerprint density at radius 2 is 1.77 bits per heavy atom. The quantitative estimate of drug-likeness (QED) is 0.138. The number of benzene rings is 2. The van der Waals surface area contributed by atoms with Crippen LogP contribution in [0.1, 0.15) is 27.0 Å². The standard InChI is InChI=1S/C25H26BFN4O8/c26-25(38)23(35,21(33)29-22(34)24(25,36)37)31-13-17-16(20(31)32)2-1-3-19(17)28-11-15-10-14(4-5-18(15)27)12-30-6-8-39-9-7-30/h1-5,10,28,35-38H,6-9,11-13H2,(H,29,33,34). The molecule has 6 N–H and O–H groups in total. The smallest absolute Gasteiger partial charge is 0.289 e. The van der Waals surface area contributed by atoms with Gasteiger partial charge in [0.05, 0.1) is 19.8 Å². The minimum Gasteiger partial charge on any atom is -0.388 e. The van der Waals surface area contributed by atoms with Crippen LogP contribution in [0.2, 0.25) is 0 Å². The molecule has 2 aromatic rings. The van der Waals surface area contributed by atoms with E-state index in [2.05, 4.69) is 10.2 Å². The molecule has 0 aliphatic carbocycles. The number of fused-ring (bicyclic) bond motifs is 1. The Morgan fingerprint density at radius 3 is 2.49 bits per heavy atom. The monoisotopic (exact) mass is 540 g/mol. The van der Waals surface area contributed by atoms with E-state index in [-0.39, 0.29) is 17.7 Å². The SMILES string of the molecule is [B]C1(O)C(O)(O)C(=O)NC(=O)C1(O)N1Cc2c(NCc3cc(CN4CCOCC4)ccc3F)cccc2C1=O. The lowest BCUT2D eigenvalue weighted by Gasteiger charge is -2.52. The van der Waals surface area contributed by atoms with E-state index < -0.39 is 47.1 Å². The summed E-state index contributed by atoms with van der Waals surface area (Å²) >= 11 is 0. The number of hydrogen-bond acceptors (Lipinski definition) is 10. The first-order chi connectivity index (χ1) is 18.4. The van der Waals surface area contributed by atoms with E-state index in [0.29, 0.717) is 35.9 Å². The lowest BCUT2D eigenvalue weighted by Crippen LogP contribution is -2.86. The number of piperidine rings is 1. The summed E-state index contributed by atoms with van der Waals surface area (Å²) in [5.41, 5.74) is -5.21. The zero-order valence-electron chi connectivity index (χ0n) is 20.7. The second-order valence-corrected chi connectivity index (χ2v) is 9.78. The predicted molar refractivity (Wildman–Crippen MR) is 132 cm³/mol. The fourth-order valence-corrected chi connectivity index (χ4v) is 5.02. The maximum atomic E-state index is 14.6. The lowest BCUT2D eigenvalue weighted by molar-refractivity contribution is -0.302. The van der Waals surface area contributed by atoms with Crippen LogP contribution in [0.25, 0.3) is 0 Å². The zero-order chi connectivity index (χ0) is 28.2. The van der Waals surface area contributed by atoms with Crippen molar-refractivity contribution in [2.45, 2.75) is 36.6 Å². The van der Waals surface area contributed by atoms with Crippen molar-refractivity contribution >= 4 is 31.3 Å². The normalized spacial score (nSPS) is 26.9. The van der Waals surface area contributed by atoms with Crippen LogP contribution in [0.3, 0.4) is 0 Å². The zero-order valence-corrected chi connectivity index (χ0v) is 20.7. The molecule has 2 unspecified atom stereocenters. The molecule has 204 valence electrons. The van der Waals surface area contributed by atoms with Crippen LogP contribution in [-0.4, -0.2) is 99.1 Å². The molecule has 0 saturated carbocycles. The molecule has 39 heavy (non-hydrogen) atoms. The van der Waals surface area contributed by atoms with Gasteiger partial charge < -0.3 is 30.5 Å². The maximum absolute atomic E-state index is 14.6. The van der Waals surface area contributed by atoms with Crippen LogP contribution in [0.15, 0.2) is 36.4 Å². The van der Waals surface area contributed by atoms with Gasteiger partial charge in [-0.1, -0.05) is 12.1 Å². The molecule has 14 heteroatoms. The van der Waals surface area contributed by atoms with Gasteiger partial charge in [-0.25, -0.2) is 4.39 Å². The summed E-state index contributed by atoms with van der Waals surface area (Å²) in [6.07, 6.45) is 0. The Kier molecular flexibility index (Phi) is 6.73. The van der Waals surface area contributed by atoms with Crippen molar-refractivity contribution in [1.29, 1.82) is 0 Å². The van der Waals surface area contributed by atoms with E-state index in [9.17, 15) is 39.2 Å². The van der Waals surface area contributed by atoms with Gasteiger partial charge in [-0.3, -0.25) is 29.5 Å². The van der Waals surface area contributed by atoms with Crippen molar-refractivity contribution in [3.63, 3.8) is 0 Å². The summed E-state index contributed by atoms with van der Waals surface area (Å²) in [4.78, 5) is 40.3. The summed E-state index contributed by atoms with van der Waals surface area (Å²) in [5, 5.41) is 46.4. The van der Waals surface area contributed by atoms with Gasteiger partial charge >= 0.3 is 0 Å². The fourth-order valence-electron chi connectivity index (χ4n) is 5.02. The molecule has 2 aromatic carbocycles. The van der Waals surface area contributed by atoms with Crippen LogP contribution in [0.5, 0.6) is 0 Å². The Labute approximate surface area is 223 Å². The van der Waals surface area contributed by atoms with Crippen molar-refractivity contribution in [3.05, 3.63) is 64.5 Å². The molecule has 0 bridgehead atoms. The second kappa shape index (κ2) is 9.66. The van der Waals surface area contributed by atoms with E-state index in [1.807, 2.05) is 0 Å². The third-order valence-electron chi connectivity index (χ3n) is 7.37. The number of aliphatic hydroxyl groups is 4. The average Bonchev–Trinajstić information content (AvgIpc) is 3.25. The van der Waals surface area contributed by atoms with E-state index >= 15 is 0 Å². The summed E-state index contributed by atoms with van der Waals surface area (Å²) in [5.74, 6) is -8.61. The second-order valence-electron chi connectivity index (χ2n) is 9.78. The minimum atomic E-state index is -3.81. The molecule has 2 radical (unpaired) electrons. The number of anilines is 1. The number of ether oxygens (including phenoxy) is 1. The number of nitrogens with one attached hydrogen (secondary N) is 2. The van der Waals surface area contributed by atoms with Crippen molar-refractivity contribution in [2.24, 2.45) is 0 Å². The van der Waals surface area contributed by atoms with Gasteiger partial charge in [-0.2, -0.15) is 0 Å². The maximum Gasteiger partial charge on any atom is 0.289 e. The van der Waals surface area contributed by atoms with Gasteiger partial charge in [0.1, 0.15) is 19.2 Å². The van der Waals surface area contributed by atoms with Crippen LogP contribution >= 0.6 is 0 Å². The van der Waals surface area contributed by atoms with Crippen molar-refractivity contribution < 1.29 is 43.9 Å². The molecule has 5 rings (SSSR count). The number of nitrogens with zero attached hydrogens (tertiary/aromatic N) is 2. The molecule has 0 spiro atoms. The molecule has 3 aliphatic heterocycles. The van der Waals surface area contributed by atoms with E-state index in [1.54, 1.807) is 18.2 Å². The first-order valence-electron chi connectivity index (χ1n) is 12.2. The Bertz CT molecular complexity index is 1350. The summed E-state index contributed by atoms with van der Waals surface area (Å²) in [6.45, 7) is 2.97. The summed E-state index contributed by atoms with van der Waals surface area (Å²) < 4.78 is 20.0. The molecule has 3 aliphatic rings. The molecular formula is C25H26BFN4O8. The first-order valence-corrected chi connectivity index (χ1v) is 12.2. The molecule has 3 heterocycles. The van der Waals surface area contributed by atoms with Crippen LogP contribution in [0.4, 0.5) is 10.1 Å². The van der Waals surface area contributed by atoms with Crippen molar-refractivity contribution in [3.8, 4) is 0 Å². The third-order valence-corrected chi connectivity index (χ3v) is 7.37. The molecule has 2 fully saturated rings. The van der Waals surface area contributed by atoms with E-state index in [4.69, 9.17) is 12.6 Å². The summed E-state index contributed by atoms with van der Waals surface area (Å²) in [7, 11) is 5.52.